The third kappa shape index (κ3) is 3.51. The van der Waals surface area contributed by atoms with Crippen molar-refractivity contribution in [3.05, 3.63) is 0 Å². The summed E-state index contributed by atoms with van der Waals surface area (Å²) in [6.45, 7) is 2.17. The van der Waals surface area contributed by atoms with E-state index in [0.717, 1.165) is 38.5 Å². The van der Waals surface area contributed by atoms with Gasteiger partial charge in [-0.15, -0.1) is 0 Å². The van der Waals surface area contributed by atoms with E-state index in [1.54, 1.807) is 0 Å². The third-order valence-corrected chi connectivity index (χ3v) is 3.77. The van der Waals surface area contributed by atoms with Gasteiger partial charge in [0.05, 0.1) is 5.41 Å². The van der Waals surface area contributed by atoms with Crippen molar-refractivity contribution in [1.29, 1.82) is 0 Å². The molecule has 1 fully saturated rings. The summed E-state index contributed by atoms with van der Waals surface area (Å²) in [7, 11) is 0. The second-order valence-corrected chi connectivity index (χ2v) is 4.96. The quantitative estimate of drug-likeness (QED) is 0.552. The molecule has 0 amide bonds. The molecule has 0 aromatic rings. The van der Waals surface area contributed by atoms with E-state index in [-0.39, 0.29) is 5.41 Å². The van der Waals surface area contributed by atoms with Crippen molar-refractivity contribution in [2.75, 3.05) is 0 Å². The van der Waals surface area contributed by atoms with E-state index >= 15 is 0 Å². The molecule has 0 aromatic heterocycles. The maximum Gasteiger partial charge on any atom is 0.309 e. The Kier molecular flexibility index (Phi) is 5.13. The standard InChI is InChI=1S/C13H24O2/c1-2-3-6-9-13(12(14)15)10-7-4-5-8-11-13/h2-11H2,1H3,(H,14,15). The van der Waals surface area contributed by atoms with E-state index in [1.165, 1.54) is 25.7 Å². The topological polar surface area (TPSA) is 37.3 Å². The molecule has 2 nitrogen and oxygen atoms in total. The molecule has 2 heteroatoms. The lowest BCUT2D eigenvalue weighted by Gasteiger charge is -2.27. The van der Waals surface area contributed by atoms with E-state index in [2.05, 4.69) is 6.92 Å². The number of aliphatic carboxylic acids is 1. The molecule has 15 heavy (non-hydrogen) atoms. The van der Waals surface area contributed by atoms with Crippen LogP contribution in [-0.4, -0.2) is 11.1 Å². The number of hydrogen-bond donors (Lipinski definition) is 1. The second kappa shape index (κ2) is 6.14. The Labute approximate surface area is 93.1 Å². The van der Waals surface area contributed by atoms with Crippen molar-refractivity contribution >= 4 is 5.97 Å². The SMILES string of the molecule is CCCCCC1(C(=O)O)CCCCCC1. The van der Waals surface area contributed by atoms with Crippen LogP contribution in [0.4, 0.5) is 0 Å². The zero-order valence-corrected chi connectivity index (χ0v) is 9.93. The lowest BCUT2D eigenvalue weighted by Crippen LogP contribution is -2.30. The molecule has 0 saturated heterocycles. The van der Waals surface area contributed by atoms with Crippen LogP contribution in [0.2, 0.25) is 0 Å². The van der Waals surface area contributed by atoms with Crippen LogP contribution in [0.5, 0.6) is 0 Å². The van der Waals surface area contributed by atoms with Crippen LogP contribution in [0.3, 0.4) is 0 Å². The van der Waals surface area contributed by atoms with E-state index in [9.17, 15) is 9.90 Å². The molecule has 0 unspecified atom stereocenters. The number of carboxylic acid groups (broad SMARTS) is 1. The van der Waals surface area contributed by atoms with Gasteiger partial charge in [-0.25, -0.2) is 0 Å². The molecule has 1 aliphatic carbocycles. The van der Waals surface area contributed by atoms with Gasteiger partial charge >= 0.3 is 5.97 Å². The fraction of sp³-hybridized carbons (Fsp3) is 0.923. The summed E-state index contributed by atoms with van der Waals surface area (Å²) in [5.74, 6) is -0.541. The lowest BCUT2D eigenvalue weighted by molar-refractivity contribution is -0.150. The van der Waals surface area contributed by atoms with Crippen LogP contribution in [-0.2, 0) is 4.79 Å². The second-order valence-electron chi connectivity index (χ2n) is 4.96. The molecule has 1 N–H and O–H groups in total. The summed E-state index contributed by atoms with van der Waals surface area (Å²) in [5.41, 5.74) is -0.369. The van der Waals surface area contributed by atoms with Crippen LogP contribution in [0, 0.1) is 5.41 Å². The van der Waals surface area contributed by atoms with Crippen molar-refractivity contribution < 1.29 is 9.90 Å². The van der Waals surface area contributed by atoms with E-state index < -0.39 is 5.97 Å². The van der Waals surface area contributed by atoms with Gasteiger partial charge in [0.15, 0.2) is 0 Å². The Balaban J connectivity index is 2.55. The van der Waals surface area contributed by atoms with Gasteiger partial charge in [-0.05, 0) is 19.3 Å². The Bertz CT molecular complexity index is 191. The van der Waals surface area contributed by atoms with Crippen molar-refractivity contribution in [2.24, 2.45) is 5.41 Å². The Morgan fingerprint density at radius 3 is 2.20 bits per heavy atom. The molecule has 0 aromatic carbocycles. The molecule has 1 saturated carbocycles. The van der Waals surface area contributed by atoms with Gasteiger partial charge in [-0.3, -0.25) is 4.79 Å². The molecular weight excluding hydrogens is 188 g/mol. The van der Waals surface area contributed by atoms with Crippen LogP contribution >= 0.6 is 0 Å². The van der Waals surface area contributed by atoms with E-state index in [4.69, 9.17) is 0 Å². The number of rotatable bonds is 5. The average molecular weight is 212 g/mol. The first-order valence-corrected chi connectivity index (χ1v) is 6.45. The summed E-state index contributed by atoms with van der Waals surface area (Å²) in [6, 6.07) is 0. The highest BCUT2D eigenvalue weighted by molar-refractivity contribution is 5.74. The van der Waals surface area contributed by atoms with Crippen molar-refractivity contribution in [1.82, 2.24) is 0 Å². The first kappa shape index (κ1) is 12.5. The van der Waals surface area contributed by atoms with Gasteiger partial charge in [0.1, 0.15) is 0 Å². The average Bonchev–Trinajstić information content (AvgIpc) is 2.45. The molecule has 88 valence electrons. The van der Waals surface area contributed by atoms with Crippen LogP contribution in [0.15, 0.2) is 0 Å². The van der Waals surface area contributed by atoms with Gasteiger partial charge in [-0.1, -0.05) is 51.9 Å². The third-order valence-electron chi connectivity index (χ3n) is 3.77. The molecule has 0 aliphatic heterocycles. The number of unbranched alkanes of at least 4 members (excludes halogenated alkanes) is 2. The molecule has 0 spiro atoms. The van der Waals surface area contributed by atoms with Crippen molar-refractivity contribution in [3.8, 4) is 0 Å². The van der Waals surface area contributed by atoms with Gasteiger partial charge in [-0.2, -0.15) is 0 Å². The zero-order valence-electron chi connectivity index (χ0n) is 9.93. The zero-order chi connectivity index (χ0) is 11.1. The maximum absolute atomic E-state index is 11.4. The highest BCUT2D eigenvalue weighted by atomic mass is 16.4. The van der Waals surface area contributed by atoms with Crippen LogP contribution in [0.25, 0.3) is 0 Å². The summed E-state index contributed by atoms with van der Waals surface area (Å²) in [6.07, 6.45) is 10.8. The summed E-state index contributed by atoms with van der Waals surface area (Å²) >= 11 is 0. The maximum atomic E-state index is 11.4. The molecule has 1 aliphatic rings. The van der Waals surface area contributed by atoms with Crippen molar-refractivity contribution in [3.63, 3.8) is 0 Å². The summed E-state index contributed by atoms with van der Waals surface area (Å²) in [5, 5.41) is 9.41. The number of carbonyl (C=O) groups is 1. The fourth-order valence-corrected chi connectivity index (χ4v) is 2.69. The smallest absolute Gasteiger partial charge is 0.309 e. The molecule has 0 atom stereocenters. The first-order chi connectivity index (χ1) is 7.21. The van der Waals surface area contributed by atoms with Gasteiger partial charge < -0.3 is 5.11 Å². The number of hydrogen-bond acceptors (Lipinski definition) is 1. The highest BCUT2D eigenvalue weighted by Crippen LogP contribution is 2.39. The minimum Gasteiger partial charge on any atom is -0.481 e. The van der Waals surface area contributed by atoms with Crippen LogP contribution < -0.4 is 0 Å². The molecule has 0 radical (unpaired) electrons. The van der Waals surface area contributed by atoms with E-state index in [1.807, 2.05) is 0 Å². The molecule has 0 bridgehead atoms. The Morgan fingerprint density at radius 1 is 1.13 bits per heavy atom. The minimum atomic E-state index is -0.541. The Hall–Kier alpha value is -0.530. The first-order valence-electron chi connectivity index (χ1n) is 6.45. The molecule has 1 rings (SSSR count). The van der Waals surface area contributed by atoms with Gasteiger partial charge in [0.25, 0.3) is 0 Å². The van der Waals surface area contributed by atoms with Crippen molar-refractivity contribution in [2.45, 2.75) is 71.1 Å². The largest absolute Gasteiger partial charge is 0.481 e. The fourth-order valence-electron chi connectivity index (χ4n) is 2.69. The van der Waals surface area contributed by atoms with Gasteiger partial charge in [0.2, 0.25) is 0 Å². The number of carboxylic acids is 1. The van der Waals surface area contributed by atoms with Crippen LogP contribution in [0.1, 0.15) is 71.1 Å². The van der Waals surface area contributed by atoms with E-state index in [0.29, 0.717) is 0 Å². The summed E-state index contributed by atoms with van der Waals surface area (Å²) in [4.78, 5) is 11.4. The molecule has 0 heterocycles. The molecular formula is C13H24O2. The lowest BCUT2D eigenvalue weighted by atomic mass is 9.76. The van der Waals surface area contributed by atoms with Gasteiger partial charge in [0, 0.05) is 0 Å². The predicted molar refractivity (Wildman–Crippen MR) is 61.9 cm³/mol. The summed E-state index contributed by atoms with van der Waals surface area (Å²) < 4.78 is 0. The Morgan fingerprint density at radius 2 is 1.73 bits per heavy atom. The predicted octanol–water partition coefficient (Wildman–Crippen LogP) is 3.99. The highest BCUT2D eigenvalue weighted by Gasteiger charge is 2.37. The monoisotopic (exact) mass is 212 g/mol. The normalized spacial score (nSPS) is 20.9. The minimum absolute atomic E-state index is 0.369.